The molecule has 104 valence electrons. The van der Waals surface area contributed by atoms with E-state index in [9.17, 15) is 5.11 Å². The van der Waals surface area contributed by atoms with Gasteiger partial charge in [-0.3, -0.25) is 0 Å². The van der Waals surface area contributed by atoms with Crippen molar-refractivity contribution in [2.24, 2.45) is 0 Å². The van der Waals surface area contributed by atoms with Crippen LogP contribution < -0.4 is 0 Å². The summed E-state index contributed by atoms with van der Waals surface area (Å²) in [5.41, 5.74) is 6.32. The van der Waals surface area contributed by atoms with Crippen molar-refractivity contribution in [2.75, 3.05) is 0 Å². The maximum Gasteiger partial charge on any atom is 0.0841 e. The Morgan fingerprint density at radius 3 is 2.80 bits per heavy atom. The van der Waals surface area contributed by atoms with E-state index < -0.39 is 6.10 Å². The molecule has 0 spiro atoms. The fraction of sp³-hybridized carbons (Fsp3) is 0.333. The van der Waals surface area contributed by atoms with Crippen LogP contribution >= 0.6 is 15.9 Å². The molecule has 1 aliphatic carbocycles. The zero-order chi connectivity index (χ0) is 14.1. The molecule has 1 nitrogen and oxygen atoms in total. The van der Waals surface area contributed by atoms with E-state index in [0.717, 1.165) is 15.6 Å². The minimum absolute atomic E-state index is 0.455. The highest BCUT2D eigenvalue weighted by molar-refractivity contribution is 9.10. The van der Waals surface area contributed by atoms with Gasteiger partial charge in [-0.05, 0) is 54.0 Å². The molecule has 2 aromatic rings. The summed E-state index contributed by atoms with van der Waals surface area (Å²) in [6.07, 6.45) is 3.89. The maximum atomic E-state index is 10.5. The van der Waals surface area contributed by atoms with E-state index in [-0.39, 0.29) is 0 Å². The van der Waals surface area contributed by atoms with Gasteiger partial charge in [0.2, 0.25) is 0 Å². The Bertz CT molecular complexity index is 633. The van der Waals surface area contributed by atoms with Gasteiger partial charge in [-0.15, -0.1) is 0 Å². The molecule has 20 heavy (non-hydrogen) atoms. The molecule has 0 aliphatic heterocycles. The third-order valence-corrected chi connectivity index (χ3v) is 5.26. The maximum absolute atomic E-state index is 10.5. The monoisotopic (exact) mass is 330 g/mol. The number of aliphatic hydroxyl groups excluding tert-OH is 1. The van der Waals surface area contributed by atoms with Gasteiger partial charge in [0.05, 0.1) is 6.10 Å². The average Bonchev–Trinajstić information content (AvgIpc) is 2.89. The second-order valence-corrected chi connectivity index (χ2v) is 6.45. The molecular weight excluding hydrogens is 312 g/mol. The number of aryl methyl sites for hydroxylation is 3. The van der Waals surface area contributed by atoms with E-state index in [1.54, 1.807) is 0 Å². The third-order valence-electron chi connectivity index (χ3n) is 4.17. The van der Waals surface area contributed by atoms with E-state index in [2.05, 4.69) is 47.1 Å². The molecule has 1 unspecified atom stereocenters. The van der Waals surface area contributed by atoms with Crippen LogP contribution in [0.1, 0.15) is 40.3 Å². The highest BCUT2D eigenvalue weighted by atomic mass is 79.9. The SMILES string of the molecule is Cc1cccc(C(O)Cc2ccc3c(c2)CCC3)c1Br. The fourth-order valence-electron chi connectivity index (χ4n) is 3.01. The van der Waals surface area contributed by atoms with Crippen LogP contribution in [-0.2, 0) is 19.3 Å². The summed E-state index contributed by atoms with van der Waals surface area (Å²) in [5, 5.41) is 10.5. The summed E-state index contributed by atoms with van der Waals surface area (Å²) >= 11 is 3.58. The van der Waals surface area contributed by atoms with Crippen LogP contribution in [0.5, 0.6) is 0 Å². The third kappa shape index (κ3) is 2.68. The van der Waals surface area contributed by atoms with Crippen LogP contribution in [-0.4, -0.2) is 5.11 Å². The zero-order valence-corrected chi connectivity index (χ0v) is 13.3. The molecule has 0 heterocycles. The van der Waals surface area contributed by atoms with Crippen LogP contribution in [0.3, 0.4) is 0 Å². The van der Waals surface area contributed by atoms with Crippen molar-refractivity contribution < 1.29 is 5.11 Å². The van der Waals surface area contributed by atoms with Gasteiger partial charge in [0, 0.05) is 10.9 Å². The van der Waals surface area contributed by atoms with Crippen LogP contribution in [0.25, 0.3) is 0 Å². The average molecular weight is 331 g/mol. The molecule has 2 aromatic carbocycles. The molecule has 0 aromatic heterocycles. The molecule has 3 rings (SSSR count). The number of rotatable bonds is 3. The standard InChI is InChI=1S/C18H19BrO/c1-12-4-2-7-16(18(12)19)17(20)11-13-8-9-14-5-3-6-15(14)10-13/h2,4,7-10,17,20H,3,5-6,11H2,1H3. The van der Waals surface area contributed by atoms with Gasteiger partial charge in [0.25, 0.3) is 0 Å². The summed E-state index contributed by atoms with van der Waals surface area (Å²) in [6.45, 7) is 2.05. The minimum atomic E-state index is -0.455. The van der Waals surface area contributed by atoms with Crippen molar-refractivity contribution >= 4 is 15.9 Å². The highest BCUT2D eigenvalue weighted by Gasteiger charge is 2.15. The van der Waals surface area contributed by atoms with Crippen LogP contribution in [0.2, 0.25) is 0 Å². The highest BCUT2D eigenvalue weighted by Crippen LogP contribution is 2.30. The van der Waals surface area contributed by atoms with Crippen molar-refractivity contribution in [3.63, 3.8) is 0 Å². The molecule has 0 amide bonds. The van der Waals surface area contributed by atoms with Crippen molar-refractivity contribution in [1.82, 2.24) is 0 Å². The van der Waals surface area contributed by atoms with Gasteiger partial charge in [-0.1, -0.05) is 52.3 Å². The first-order chi connectivity index (χ1) is 9.65. The van der Waals surface area contributed by atoms with Crippen molar-refractivity contribution in [3.05, 3.63) is 68.7 Å². The molecule has 1 atom stereocenters. The van der Waals surface area contributed by atoms with Crippen LogP contribution in [0, 0.1) is 6.92 Å². The van der Waals surface area contributed by atoms with Crippen LogP contribution in [0.4, 0.5) is 0 Å². The lowest BCUT2D eigenvalue weighted by Crippen LogP contribution is -2.04. The van der Waals surface area contributed by atoms with Gasteiger partial charge in [-0.25, -0.2) is 0 Å². The number of aliphatic hydroxyl groups is 1. The largest absolute Gasteiger partial charge is 0.388 e. The summed E-state index contributed by atoms with van der Waals surface area (Å²) in [5.74, 6) is 0. The Morgan fingerprint density at radius 2 is 1.95 bits per heavy atom. The number of fused-ring (bicyclic) bond motifs is 1. The smallest absolute Gasteiger partial charge is 0.0841 e. The Kier molecular flexibility index (Phi) is 3.95. The Morgan fingerprint density at radius 1 is 1.15 bits per heavy atom. The van der Waals surface area contributed by atoms with Gasteiger partial charge in [0.1, 0.15) is 0 Å². The first-order valence-electron chi connectivity index (χ1n) is 7.19. The van der Waals surface area contributed by atoms with Gasteiger partial charge < -0.3 is 5.11 Å². The van der Waals surface area contributed by atoms with Crippen molar-refractivity contribution in [1.29, 1.82) is 0 Å². The Hall–Kier alpha value is -1.12. The second-order valence-electron chi connectivity index (χ2n) is 5.65. The van der Waals surface area contributed by atoms with E-state index >= 15 is 0 Å². The molecule has 0 bridgehead atoms. The Labute approximate surface area is 128 Å². The molecule has 2 heteroatoms. The Balaban J connectivity index is 1.82. The lowest BCUT2D eigenvalue weighted by molar-refractivity contribution is 0.177. The topological polar surface area (TPSA) is 20.2 Å². The summed E-state index contributed by atoms with van der Waals surface area (Å²) in [7, 11) is 0. The quantitative estimate of drug-likeness (QED) is 0.877. The number of halogens is 1. The van der Waals surface area contributed by atoms with E-state index in [0.29, 0.717) is 6.42 Å². The fourth-order valence-corrected chi connectivity index (χ4v) is 3.54. The predicted molar refractivity (Wildman–Crippen MR) is 86.0 cm³/mol. The predicted octanol–water partition coefficient (Wildman–Crippen LogP) is 4.52. The first kappa shape index (κ1) is 13.8. The molecule has 1 N–H and O–H groups in total. The van der Waals surface area contributed by atoms with Gasteiger partial charge in [0.15, 0.2) is 0 Å². The van der Waals surface area contributed by atoms with E-state index in [4.69, 9.17) is 0 Å². The molecule has 1 aliphatic rings. The molecule has 0 radical (unpaired) electrons. The summed E-state index contributed by atoms with van der Waals surface area (Å²) in [4.78, 5) is 0. The lowest BCUT2D eigenvalue weighted by atomic mass is 9.97. The van der Waals surface area contributed by atoms with Gasteiger partial charge in [-0.2, -0.15) is 0 Å². The molecular formula is C18H19BrO. The minimum Gasteiger partial charge on any atom is -0.388 e. The van der Waals surface area contributed by atoms with Crippen molar-refractivity contribution in [2.45, 2.75) is 38.7 Å². The number of benzene rings is 2. The first-order valence-corrected chi connectivity index (χ1v) is 7.98. The van der Waals surface area contributed by atoms with Crippen LogP contribution in [0.15, 0.2) is 40.9 Å². The lowest BCUT2D eigenvalue weighted by Gasteiger charge is -2.15. The van der Waals surface area contributed by atoms with Gasteiger partial charge >= 0.3 is 0 Å². The molecule has 0 saturated heterocycles. The number of hydrogen-bond acceptors (Lipinski definition) is 1. The number of hydrogen-bond donors (Lipinski definition) is 1. The summed E-state index contributed by atoms with van der Waals surface area (Å²) < 4.78 is 1.02. The summed E-state index contributed by atoms with van der Waals surface area (Å²) in [6, 6.07) is 12.7. The second kappa shape index (κ2) is 5.71. The molecule has 0 fully saturated rings. The van der Waals surface area contributed by atoms with E-state index in [1.165, 1.54) is 36.0 Å². The van der Waals surface area contributed by atoms with Crippen molar-refractivity contribution in [3.8, 4) is 0 Å². The normalized spacial score (nSPS) is 15.2. The molecule has 0 saturated carbocycles. The van der Waals surface area contributed by atoms with E-state index in [1.807, 2.05) is 12.1 Å². The zero-order valence-electron chi connectivity index (χ0n) is 11.7.